The Kier molecular flexibility index (Phi) is 7.38. The fraction of sp³-hybridized carbons (Fsp3) is 0.464. The van der Waals surface area contributed by atoms with E-state index in [4.69, 9.17) is 4.74 Å². The minimum atomic E-state index is -0.0974. The Balaban J connectivity index is 1.70. The number of aryl methyl sites for hydroxylation is 1. The number of ether oxygens (including phenoxy) is 1. The van der Waals surface area contributed by atoms with Crippen LogP contribution in [0.3, 0.4) is 0 Å². The molecule has 2 aromatic rings. The number of amides is 1. The molecule has 1 N–H and O–H groups in total. The first-order valence-electron chi connectivity index (χ1n) is 12.1. The van der Waals surface area contributed by atoms with Gasteiger partial charge in [0.2, 0.25) is 0 Å². The number of hydrogen-bond acceptors (Lipinski definition) is 4. The van der Waals surface area contributed by atoms with Gasteiger partial charge in [0.05, 0.1) is 12.0 Å². The highest BCUT2D eigenvalue weighted by Gasteiger charge is 2.43. The van der Waals surface area contributed by atoms with E-state index in [9.17, 15) is 4.79 Å². The van der Waals surface area contributed by atoms with Gasteiger partial charge in [0, 0.05) is 11.7 Å². The second kappa shape index (κ2) is 10.3. The molecule has 0 aromatic heterocycles. The number of nitrogens with zero attached hydrogens (tertiary/aromatic N) is 1. The molecule has 1 unspecified atom stereocenters. The number of hydrogen-bond donors (Lipinski definition) is 1. The molecule has 4 rings (SSSR count). The van der Waals surface area contributed by atoms with Crippen molar-refractivity contribution in [3.8, 4) is 5.75 Å². The maximum absolute atomic E-state index is 13.8. The minimum Gasteiger partial charge on any atom is -0.496 e. The van der Waals surface area contributed by atoms with E-state index < -0.39 is 0 Å². The molecule has 2 aromatic carbocycles. The summed E-state index contributed by atoms with van der Waals surface area (Å²) >= 11 is 1.64. The van der Waals surface area contributed by atoms with Gasteiger partial charge in [-0.15, -0.1) is 0 Å². The van der Waals surface area contributed by atoms with Crippen molar-refractivity contribution in [1.29, 1.82) is 0 Å². The zero-order chi connectivity index (χ0) is 23.5. The Morgan fingerprint density at radius 1 is 1.15 bits per heavy atom. The third-order valence-corrected chi connectivity index (χ3v) is 8.07. The smallest absolute Gasteiger partial charge is 0.262 e. The van der Waals surface area contributed by atoms with Crippen molar-refractivity contribution in [2.45, 2.75) is 70.8 Å². The summed E-state index contributed by atoms with van der Waals surface area (Å²) in [6, 6.07) is 14.8. The summed E-state index contributed by atoms with van der Waals surface area (Å²) in [6.07, 6.45) is 6.80. The number of benzene rings is 2. The first kappa shape index (κ1) is 23.7. The van der Waals surface area contributed by atoms with Crippen LogP contribution in [0.5, 0.6) is 5.75 Å². The van der Waals surface area contributed by atoms with Crippen LogP contribution in [0.1, 0.15) is 69.1 Å². The average molecular weight is 465 g/mol. The Hall–Kier alpha value is -2.40. The molecule has 3 atom stereocenters. The lowest BCUT2D eigenvalue weighted by Crippen LogP contribution is -2.48. The van der Waals surface area contributed by atoms with Gasteiger partial charge >= 0.3 is 0 Å². The van der Waals surface area contributed by atoms with Crippen molar-refractivity contribution in [2.24, 2.45) is 5.92 Å². The molecule has 4 nitrogen and oxygen atoms in total. The summed E-state index contributed by atoms with van der Waals surface area (Å²) in [6.45, 7) is 8.73. The molecule has 1 amide bonds. The van der Waals surface area contributed by atoms with Gasteiger partial charge in [0.15, 0.2) is 5.50 Å². The van der Waals surface area contributed by atoms with Crippen LogP contribution in [0.4, 0.5) is 5.69 Å². The fourth-order valence-electron chi connectivity index (χ4n) is 5.01. The zero-order valence-corrected chi connectivity index (χ0v) is 21.2. The molecule has 0 spiro atoms. The number of para-hydroxylation sites is 1. The summed E-state index contributed by atoms with van der Waals surface area (Å²) < 4.78 is 5.61. The molecule has 1 aliphatic heterocycles. The van der Waals surface area contributed by atoms with Crippen LogP contribution in [-0.2, 0) is 4.79 Å². The molecule has 0 bridgehead atoms. The number of carbonyl (C=O) groups excluding carboxylic acids is 1. The fourth-order valence-corrected chi connectivity index (χ4v) is 6.21. The molecule has 1 saturated carbocycles. The zero-order valence-electron chi connectivity index (χ0n) is 20.4. The predicted octanol–water partition coefficient (Wildman–Crippen LogP) is 7.02. The summed E-state index contributed by atoms with van der Waals surface area (Å²) in [5.41, 5.74) is 4.32. The monoisotopic (exact) mass is 464 g/mol. The van der Waals surface area contributed by atoms with Gasteiger partial charge in [0.1, 0.15) is 5.75 Å². The molecule has 2 fully saturated rings. The van der Waals surface area contributed by atoms with E-state index in [0.29, 0.717) is 11.8 Å². The van der Waals surface area contributed by atoms with Gasteiger partial charge in [-0.05, 0) is 78.6 Å². The highest BCUT2D eigenvalue weighted by molar-refractivity contribution is 8.05. The first-order chi connectivity index (χ1) is 15.9. The van der Waals surface area contributed by atoms with E-state index in [2.05, 4.69) is 68.3 Å². The maximum atomic E-state index is 13.8. The minimum absolute atomic E-state index is 0.0974. The number of rotatable bonds is 6. The number of thioether (sulfide) groups is 1. The van der Waals surface area contributed by atoms with E-state index in [0.717, 1.165) is 33.9 Å². The molecule has 2 aliphatic rings. The van der Waals surface area contributed by atoms with E-state index in [1.165, 1.54) is 24.8 Å². The predicted molar refractivity (Wildman–Crippen MR) is 140 cm³/mol. The molecule has 5 heteroatoms. The Morgan fingerprint density at radius 3 is 2.55 bits per heavy atom. The Morgan fingerprint density at radius 2 is 1.88 bits per heavy atom. The third kappa shape index (κ3) is 5.08. The lowest BCUT2D eigenvalue weighted by atomic mass is 9.85. The molecular weight excluding hydrogens is 428 g/mol. The van der Waals surface area contributed by atoms with Gasteiger partial charge in [-0.25, -0.2) is 0 Å². The summed E-state index contributed by atoms with van der Waals surface area (Å²) in [7, 11) is 1.72. The summed E-state index contributed by atoms with van der Waals surface area (Å²) in [5.74, 6) is 1.92. The summed E-state index contributed by atoms with van der Waals surface area (Å²) in [5, 5.41) is 3.62. The molecule has 33 heavy (non-hydrogen) atoms. The number of methoxy groups -OCH3 is 1. The number of anilines is 1. The lowest BCUT2D eigenvalue weighted by molar-refractivity contribution is -0.129. The molecular formula is C28H36N2O2S. The van der Waals surface area contributed by atoms with Crippen molar-refractivity contribution >= 4 is 29.4 Å². The first-order valence-corrected chi connectivity index (χ1v) is 13.0. The second-order valence-corrected chi connectivity index (χ2v) is 10.8. The van der Waals surface area contributed by atoms with Gasteiger partial charge < -0.3 is 15.0 Å². The average Bonchev–Trinajstić information content (AvgIpc) is 3.10. The van der Waals surface area contributed by atoms with E-state index in [1.54, 1.807) is 18.9 Å². The molecule has 1 heterocycles. The molecule has 1 aliphatic carbocycles. The van der Waals surface area contributed by atoms with E-state index in [-0.39, 0.29) is 17.4 Å². The van der Waals surface area contributed by atoms with Crippen LogP contribution in [0, 0.1) is 12.8 Å². The van der Waals surface area contributed by atoms with Crippen LogP contribution < -0.4 is 10.1 Å². The highest BCUT2D eigenvalue weighted by Crippen LogP contribution is 2.43. The standard InChI is InChI=1S/C28H36N2O2S/c1-18(2)23-16-21(20(4)15-25(23)32-5)17-26-27(31)30(24-14-10-9-11-19(24)3)28(33-26)29-22-12-7-6-8-13-22/h6-8,12-13,15-19,24,28-29H,9-11,14H2,1-5H3/b26-17-/t19-,24+,28?/m1/s1. The van der Waals surface area contributed by atoms with Crippen molar-refractivity contribution < 1.29 is 9.53 Å². The van der Waals surface area contributed by atoms with Gasteiger partial charge in [-0.3, -0.25) is 4.79 Å². The molecule has 1 saturated heterocycles. The normalized spacial score (nSPS) is 24.5. The van der Waals surface area contributed by atoms with Gasteiger partial charge in [-0.1, -0.05) is 63.6 Å². The number of carbonyl (C=O) groups is 1. The quantitative estimate of drug-likeness (QED) is 0.467. The van der Waals surface area contributed by atoms with Crippen molar-refractivity contribution in [1.82, 2.24) is 4.90 Å². The third-order valence-electron chi connectivity index (χ3n) is 6.95. The molecule has 0 radical (unpaired) electrons. The number of nitrogens with one attached hydrogen (secondary N) is 1. The Labute approximate surface area is 202 Å². The second-order valence-electron chi connectivity index (χ2n) is 9.64. The van der Waals surface area contributed by atoms with E-state index in [1.807, 2.05) is 18.2 Å². The topological polar surface area (TPSA) is 41.6 Å². The van der Waals surface area contributed by atoms with Crippen LogP contribution in [-0.4, -0.2) is 29.5 Å². The van der Waals surface area contributed by atoms with Gasteiger partial charge in [-0.2, -0.15) is 0 Å². The molecule has 176 valence electrons. The lowest BCUT2D eigenvalue weighted by Gasteiger charge is -2.39. The van der Waals surface area contributed by atoms with Crippen molar-refractivity contribution in [3.05, 3.63) is 64.1 Å². The highest BCUT2D eigenvalue weighted by atomic mass is 32.2. The largest absolute Gasteiger partial charge is 0.496 e. The van der Waals surface area contributed by atoms with Crippen LogP contribution in [0.15, 0.2) is 47.4 Å². The Bertz CT molecular complexity index is 1020. The maximum Gasteiger partial charge on any atom is 0.262 e. The van der Waals surface area contributed by atoms with E-state index >= 15 is 0 Å². The van der Waals surface area contributed by atoms with Crippen molar-refractivity contribution in [2.75, 3.05) is 12.4 Å². The van der Waals surface area contributed by atoms with Crippen molar-refractivity contribution in [3.63, 3.8) is 0 Å². The van der Waals surface area contributed by atoms with Gasteiger partial charge in [0.25, 0.3) is 5.91 Å². The SMILES string of the molecule is COc1cc(C)c(/C=C2\SC(Nc3ccccc3)N([C@H]3CCCC[C@H]3C)C2=O)cc1C(C)C. The van der Waals surface area contributed by atoms with Crippen LogP contribution in [0.2, 0.25) is 0 Å². The summed E-state index contributed by atoms with van der Waals surface area (Å²) in [4.78, 5) is 16.7. The van der Waals surface area contributed by atoms with Crippen LogP contribution >= 0.6 is 11.8 Å². The van der Waals surface area contributed by atoms with Crippen LogP contribution in [0.25, 0.3) is 6.08 Å².